The number of imidazole rings is 1. The van der Waals surface area contributed by atoms with E-state index in [1.165, 1.54) is 18.5 Å². The van der Waals surface area contributed by atoms with Crippen molar-refractivity contribution in [1.82, 2.24) is 25.1 Å². The lowest BCUT2D eigenvalue weighted by molar-refractivity contribution is 0.207. The molecule has 1 fully saturated rings. The summed E-state index contributed by atoms with van der Waals surface area (Å²) >= 11 is 6.03. The van der Waals surface area contributed by atoms with Crippen LogP contribution in [0.3, 0.4) is 0 Å². The third-order valence-corrected chi connectivity index (χ3v) is 4.86. The second-order valence-electron chi connectivity index (χ2n) is 6.25. The first-order chi connectivity index (χ1) is 11.3. The predicted molar refractivity (Wildman–Crippen MR) is 91.8 cm³/mol. The summed E-state index contributed by atoms with van der Waals surface area (Å²) in [7, 11) is 0. The van der Waals surface area contributed by atoms with Crippen LogP contribution in [-0.2, 0) is 6.42 Å². The van der Waals surface area contributed by atoms with Gasteiger partial charge in [0, 0.05) is 42.3 Å². The van der Waals surface area contributed by atoms with Crippen LogP contribution >= 0.6 is 11.6 Å². The molecule has 1 saturated heterocycles. The van der Waals surface area contributed by atoms with Crippen LogP contribution in [0, 0.1) is 0 Å². The minimum absolute atomic E-state index is 0.570. The van der Waals surface area contributed by atoms with Gasteiger partial charge in [0.25, 0.3) is 0 Å². The van der Waals surface area contributed by atoms with E-state index in [4.69, 9.17) is 11.6 Å². The number of H-pyrrole nitrogens is 2. The number of aromatic amines is 2. The van der Waals surface area contributed by atoms with E-state index >= 15 is 0 Å². The number of likely N-dealkylation sites (tertiary alicyclic amines) is 1. The van der Waals surface area contributed by atoms with Crippen LogP contribution in [0.15, 0.2) is 30.5 Å². The van der Waals surface area contributed by atoms with E-state index in [-0.39, 0.29) is 0 Å². The minimum Gasteiger partial charge on any atom is -0.342 e. The van der Waals surface area contributed by atoms with Crippen molar-refractivity contribution in [3.63, 3.8) is 0 Å². The van der Waals surface area contributed by atoms with Crippen LogP contribution in [0.4, 0.5) is 0 Å². The quantitative estimate of drug-likeness (QED) is 0.771. The summed E-state index contributed by atoms with van der Waals surface area (Å²) < 4.78 is 0. The Kier molecular flexibility index (Phi) is 4.06. The molecule has 5 nitrogen and oxygen atoms in total. The SMILES string of the molecule is Clc1ccc2nc(CCN3CCCC(c4ccn[nH]4)C3)[nH]c2c1. The first-order valence-corrected chi connectivity index (χ1v) is 8.51. The zero-order valence-corrected chi connectivity index (χ0v) is 13.7. The zero-order chi connectivity index (χ0) is 15.6. The van der Waals surface area contributed by atoms with Crippen molar-refractivity contribution in [2.45, 2.75) is 25.2 Å². The number of hydrogen-bond donors (Lipinski definition) is 2. The van der Waals surface area contributed by atoms with Crippen molar-refractivity contribution < 1.29 is 0 Å². The fourth-order valence-electron chi connectivity index (χ4n) is 3.42. The molecule has 0 amide bonds. The third kappa shape index (κ3) is 3.26. The molecular formula is C17H20ClN5. The molecule has 1 aromatic carbocycles. The van der Waals surface area contributed by atoms with E-state index in [0.717, 1.165) is 47.9 Å². The Morgan fingerprint density at radius 3 is 3.13 bits per heavy atom. The lowest BCUT2D eigenvalue weighted by Gasteiger charge is -2.31. The molecule has 0 aliphatic carbocycles. The van der Waals surface area contributed by atoms with Gasteiger partial charge in [-0.15, -0.1) is 0 Å². The fourth-order valence-corrected chi connectivity index (χ4v) is 3.60. The maximum atomic E-state index is 6.03. The highest BCUT2D eigenvalue weighted by atomic mass is 35.5. The van der Waals surface area contributed by atoms with Crippen molar-refractivity contribution in [3.05, 3.63) is 47.0 Å². The minimum atomic E-state index is 0.570. The molecule has 23 heavy (non-hydrogen) atoms. The first-order valence-electron chi connectivity index (χ1n) is 8.14. The number of benzene rings is 1. The lowest BCUT2D eigenvalue weighted by Crippen LogP contribution is -2.36. The second-order valence-corrected chi connectivity index (χ2v) is 6.68. The fraction of sp³-hybridized carbons (Fsp3) is 0.412. The summed E-state index contributed by atoms with van der Waals surface area (Å²) in [5, 5.41) is 7.94. The summed E-state index contributed by atoms with van der Waals surface area (Å²) in [5.74, 6) is 1.60. The van der Waals surface area contributed by atoms with Crippen molar-refractivity contribution >= 4 is 22.6 Å². The van der Waals surface area contributed by atoms with Gasteiger partial charge in [-0.05, 0) is 43.7 Å². The van der Waals surface area contributed by atoms with Gasteiger partial charge in [0.2, 0.25) is 0 Å². The largest absolute Gasteiger partial charge is 0.342 e. The van der Waals surface area contributed by atoms with Gasteiger partial charge in [-0.25, -0.2) is 4.98 Å². The normalized spacial score (nSPS) is 19.4. The number of fused-ring (bicyclic) bond motifs is 1. The number of nitrogens with one attached hydrogen (secondary N) is 2. The molecule has 2 aromatic heterocycles. The van der Waals surface area contributed by atoms with Crippen molar-refractivity contribution in [3.8, 4) is 0 Å². The Bertz CT molecular complexity index is 779. The van der Waals surface area contributed by atoms with Crippen molar-refractivity contribution in [2.24, 2.45) is 0 Å². The number of nitrogens with zero attached hydrogens (tertiary/aromatic N) is 3. The second kappa shape index (κ2) is 6.34. The molecule has 0 radical (unpaired) electrons. The van der Waals surface area contributed by atoms with Crippen LogP contribution in [0.25, 0.3) is 11.0 Å². The lowest BCUT2D eigenvalue weighted by atomic mass is 9.95. The molecule has 1 unspecified atom stereocenters. The molecule has 3 aromatic rings. The molecule has 0 spiro atoms. The summed E-state index contributed by atoms with van der Waals surface area (Å²) in [5.41, 5.74) is 3.26. The van der Waals surface area contributed by atoms with E-state index in [1.54, 1.807) is 0 Å². The van der Waals surface area contributed by atoms with Gasteiger partial charge in [-0.2, -0.15) is 5.10 Å². The number of piperidine rings is 1. The van der Waals surface area contributed by atoms with Crippen molar-refractivity contribution in [1.29, 1.82) is 0 Å². The van der Waals surface area contributed by atoms with Crippen LogP contribution < -0.4 is 0 Å². The monoisotopic (exact) mass is 329 g/mol. The van der Waals surface area contributed by atoms with E-state index in [0.29, 0.717) is 5.92 Å². The molecule has 2 N–H and O–H groups in total. The Balaban J connectivity index is 1.39. The van der Waals surface area contributed by atoms with E-state index < -0.39 is 0 Å². The van der Waals surface area contributed by atoms with E-state index in [1.807, 2.05) is 24.4 Å². The van der Waals surface area contributed by atoms with Crippen LogP contribution in [0.2, 0.25) is 5.02 Å². The molecule has 1 aliphatic heterocycles. The number of aromatic nitrogens is 4. The van der Waals surface area contributed by atoms with Crippen LogP contribution in [-0.4, -0.2) is 44.7 Å². The number of halogens is 1. The topological polar surface area (TPSA) is 60.6 Å². The highest BCUT2D eigenvalue weighted by molar-refractivity contribution is 6.31. The summed E-state index contributed by atoms with van der Waals surface area (Å²) in [6.07, 6.45) is 5.25. The molecule has 0 saturated carbocycles. The van der Waals surface area contributed by atoms with Gasteiger partial charge >= 0.3 is 0 Å². The maximum Gasteiger partial charge on any atom is 0.108 e. The van der Waals surface area contributed by atoms with Gasteiger partial charge in [-0.3, -0.25) is 5.10 Å². The highest BCUT2D eigenvalue weighted by Crippen LogP contribution is 2.25. The third-order valence-electron chi connectivity index (χ3n) is 4.63. The number of rotatable bonds is 4. The predicted octanol–water partition coefficient (Wildman–Crippen LogP) is 3.36. The average Bonchev–Trinajstić information content (AvgIpc) is 3.22. The van der Waals surface area contributed by atoms with Gasteiger partial charge in [-0.1, -0.05) is 11.6 Å². The van der Waals surface area contributed by atoms with Crippen molar-refractivity contribution in [2.75, 3.05) is 19.6 Å². The van der Waals surface area contributed by atoms with Gasteiger partial charge in [0.15, 0.2) is 0 Å². The molecule has 4 rings (SSSR count). The first kappa shape index (κ1) is 14.7. The van der Waals surface area contributed by atoms with E-state index in [2.05, 4.69) is 31.1 Å². The van der Waals surface area contributed by atoms with Crippen LogP contribution in [0.1, 0.15) is 30.3 Å². The van der Waals surface area contributed by atoms with Gasteiger partial charge in [0.1, 0.15) is 5.82 Å². The van der Waals surface area contributed by atoms with Gasteiger partial charge < -0.3 is 9.88 Å². The molecule has 3 heterocycles. The summed E-state index contributed by atoms with van der Waals surface area (Å²) in [6, 6.07) is 7.88. The summed E-state index contributed by atoms with van der Waals surface area (Å²) in [6.45, 7) is 3.28. The summed E-state index contributed by atoms with van der Waals surface area (Å²) in [4.78, 5) is 10.5. The maximum absolute atomic E-state index is 6.03. The standard InChI is InChI=1S/C17H20ClN5/c18-13-3-4-15-16(10-13)21-17(20-15)6-9-23-8-1-2-12(11-23)14-5-7-19-22-14/h3-5,7,10,12H,1-2,6,8-9,11H2,(H,19,22)(H,20,21). The molecule has 1 aliphatic rings. The molecule has 0 bridgehead atoms. The number of hydrogen-bond acceptors (Lipinski definition) is 3. The molecule has 120 valence electrons. The Morgan fingerprint density at radius 2 is 2.26 bits per heavy atom. The average molecular weight is 330 g/mol. The Hall–Kier alpha value is -1.85. The molecule has 6 heteroatoms. The smallest absolute Gasteiger partial charge is 0.108 e. The van der Waals surface area contributed by atoms with E-state index in [9.17, 15) is 0 Å². The Labute approximate surface area is 140 Å². The molecular weight excluding hydrogens is 310 g/mol. The van der Waals surface area contributed by atoms with Crippen LogP contribution in [0.5, 0.6) is 0 Å². The molecule has 1 atom stereocenters. The van der Waals surface area contributed by atoms with Gasteiger partial charge in [0.05, 0.1) is 11.0 Å². The highest BCUT2D eigenvalue weighted by Gasteiger charge is 2.22. The Morgan fingerprint density at radius 1 is 1.30 bits per heavy atom. The zero-order valence-electron chi connectivity index (χ0n) is 12.9.